The van der Waals surface area contributed by atoms with Gasteiger partial charge in [0.15, 0.2) is 10.3 Å². The molecule has 0 unspecified atom stereocenters. The van der Waals surface area contributed by atoms with Crippen LogP contribution in [-0.2, 0) is 11.8 Å². The zero-order chi connectivity index (χ0) is 17.7. The number of carbonyl (C=O) groups is 1. The number of hydrogen-bond donors (Lipinski definition) is 0. The van der Waals surface area contributed by atoms with Crippen molar-refractivity contribution >= 4 is 29.9 Å². The van der Waals surface area contributed by atoms with Gasteiger partial charge in [-0.3, -0.25) is 13.9 Å². The van der Waals surface area contributed by atoms with Crippen molar-refractivity contribution in [1.29, 1.82) is 0 Å². The van der Waals surface area contributed by atoms with Gasteiger partial charge in [-0.05, 0) is 37.0 Å². The molecule has 0 amide bonds. The van der Waals surface area contributed by atoms with E-state index in [9.17, 15) is 9.59 Å². The Bertz CT molecular complexity index is 841. The van der Waals surface area contributed by atoms with E-state index in [0.29, 0.717) is 16.4 Å². The molecule has 128 valence electrons. The summed E-state index contributed by atoms with van der Waals surface area (Å²) in [4.78, 5) is 25.1. The number of unbranched alkanes of at least 4 members (excludes halogenated alkanes) is 1. The molecule has 0 fully saturated rings. The summed E-state index contributed by atoms with van der Waals surface area (Å²) in [5.41, 5.74) is 0.390. The molecular formula is C17H20N2O3S2. The number of ether oxygens (including phenoxy) is 1. The Kier molecular flexibility index (Phi) is 6.39. The first kappa shape index (κ1) is 18.5. The second-order valence-corrected chi connectivity index (χ2v) is 6.35. The lowest BCUT2D eigenvalue weighted by molar-refractivity contribution is 0.0490. The lowest BCUT2D eigenvalue weighted by Gasteiger charge is -2.17. The lowest BCUT2D eigenvalue weighted by Crippen LogP contribution is -2.31. The molecule has 24 heavy (non-hydrogen) atoms. The quantitative estimate of drug-likeness (QED) is 0.258. The summed E-state index contributed by atoms with van der Waals surface area (Å²) in [5.74, 6) is -0.604. The molecule has 0 bridgehead atoms. The van der Waals surface area contributed by atoms with E-state index in [1.54, 1.807) is 11.6 Å². The minimum absolute atomic E-state index is 0.0264. The fraction of sp³-hybridized carbons (Fsp3) is 0.353. The standard InChI is InChI=1S/C17H20N2O3S2/c1-4-5-11-22-16(21)13-14(20)18(2)17(23)19(15(13)24-3)12-9-7-6-8-10-12/h6-10H,4-5,11H2,1-3H3. The summed E-state index contributed by atoms with van der Waals surface area (Å²) in [6.07, 6.45) is 3.49. The third-order valence-electron chi connectivity index (χ3n) is 3.56. The molecule has 1 aromatic heterocycles. The minimum atomic E-state index is -0.604. The van der Waals surface area contributed by atoms with Crippen LogP contribution in [0.5, 0.6) is 0 Å². The van der Waals surface area contributed by atoms with Crippen LogP contribution in [0.3, 0.4) is 0 Å². The van der Waals surface area contributed by atoms with Crippen LogP contribution in [0.2, 0.25) is 0 Å². The molecule has 5 nitrogen and oxygen atoms in total. The van der Waals surface area contributed by atoms with Gasteiger partial charge in [0.1, 0.15) is 5.03 Å². The number of benzene rings is 1. The van der Waals surface area contributed by atoms with Gasteiger partial charge in [0.25, 0.3) is 5.56 Å². The third-order valence-corrected chi connectivity index (χ3v) is 4.79. The fourth-order valence-corrected chi connectivity index (χ4v) is 3.34. The number of nitrogens with zero attached hydrogens (tertiary/aromatic N) is 2. The molecule has 0 saturated heterocycles. The topological polar surface area (TPSA) is 53.2 Å². The van der Waals surface area contributed by atoms with Gasteiger partial charge in [0, 0.05) is 12.7 Å². The van der Waals surface area contributed by atoms with Crippen molar-refractivity contribution < 1.29 is 9.53 Å². The zero-order valence-corrected chi connectivity index (χ0v) is 15.6. The molecular weight excluding hydrogens is 344 g/mol. The number of hydrogen-bond acceptors (Lipinski definition) is 5. The number of rotatable bonds is 6. The van der Waals surface area contributed by atoms with Crippen LogP contribution >= 0.6 is 24.0 Å². The first-order valence-corrected chi connectivity index (χ1v) is 9.28. The SMILES string of the molecule is CCCCOC(=O)c1c(SC)n(-c2ccccc2)c(=S)n(C)c1=O. The summed E-state index contributed by atoms with van der Waals surface area (Å²) in [6.45, 7) is 2.31. The van der Waals surface area contributed by atoms with Crippen LogP contribution in [0.4, 0.5) is 0 Å². The number of carbonyl (C=O) groups excluding carboxylic acids is 1. The molecule has 0 N–H and O–H groups in total. The highest BCUT2D eigenvalue weighted by molar-refractivity contribution is 7.98. The van der Waals surface area contributed by atoms with Crippen molar-refractivity contribution in [3.8, 4) is 5.69 Å². The first-order valence-electron chi connectivity index (χ1n) is 7.65. The van der Waals surface area contributed by atoms with Gasteiger partial charge in [0.2, 0.25) is 0 Å². The second kappa shape index (κ2) is 8.30. The summed E-state index contributed by atoms with van der Waals surface area (Å²) >= 11 is 6.73. The van der Waals surface area contributed by atoms with Crippen molar-refractivity contribution in [3.05, 3.63) is 51.0 Å². The molecule has 0 aliphatic rings. The van der Waals surface area contributed by atoms with Crippen molar-refractivity contribution in [2.45, 2.75) is 24.8 Å². The molecule has 2 aromatic rings. The average Bonchev–Trinajstić information content (AvgIpc) is 2.60. The molecule has 0 radical (unpaired) electrons. The first-order chi connectivity index (χ1) is 11.5. The number of esters is 1. The van der Waals surface area contributed by atoms with E-state index in [4.69, 9.17) is 17.0 Å². The molecule has 0 saturated carbocycles. The smallest absolute Gasteiger partial charge is 0.346 e. The maximum Gasteiger partial charge on any atom is 0.346 e. The van der Waals surface area contributed by atoms with E-state index in [1.165, 1.54) is 16.3 Å². The van der Waals surface area contributed by atoms with E-state index in [0.717, 1.165) is 18.5 Å². The normalized spacial score (nSPS) is 10.6. The van der Waals surface area contributed by atoms with Crippen molar-refractivity contribution in [1.82, 2.24) is 9.13 Å². The average molecular weight is 364 g/mol. The highest BCUT2D eigenvalue weighted by Crippen LogP contribution is 2.23. The number of para-hydroxylation sites is 1. The Morgan fingerprint density at radius 3 is 2.54 bits per heavy atom. The predicted octanol–water partition coefficient (Wildman–Crippen LogP) is 3.58. The lowest BCUT2D eigenvalue weighted by atomic mass is 10.3. The molecule has 0 aliphatic heterocycles. The van der Waals surface area contributed by atoms with Crippen molar-refractivity contribution in [2.24, 2.45) is 7.05 Å². The van der Waals surface area contributed by atoms with E-state index in [2.05, 4.69) is 0 Å². The monoisotopic (exact) mass is 364 g/mol. The van der Waals surface area contributed by atoms with E-state index in [-0.39, 0.29) is 5.56 Å². The number of thioether (sulfide) groups is 1. The third kappa shape index (κ3) is 3.62. The summed E-state index contributed by atoms with van der Waals surface area (Å²) in [5, 5.41) is 0.496. The molecule has 0 atom stereocenters. The molecule has 1 heterocycles. The highest BCUT2D eigenvalue weighted by Gasteiger charge is 2.23. The second-order valence-electron chi connectivity index (χ2n) is 5.19. The molecule has 0 aliphatic carbocycles. The van der Waals surface area contributed by atoms with E-state index < -0.39 is 11.5 Å². The van der Waals surface area contributed by atoms with Gasteiger partial charge < -0.3 is 4.74 Å². The predicted molar refractivity (Wildman–Crippen MR) is 98.8 cm³/mol. The van der Waals surface area contributed by atoms with Crippen LogP contribution in [-0.4, -0.2) is 28.0 Å². The van der Waals surface area contributed by atoms with Crippen LogP contribution in [0.1, 0.15) is 30.1 Å². The fourth-order valence-electron chi connectivity index (χ4n) is 2.25. The Hall–Kier alpha value is -1.86. The van der Waals surface area contributed by atoms with Crippen molar-refractivity contribution in [2.75, 3.05) is 12.9 Å². The van der Waals surface area contributed by atoms with Gasteiger partial charge >= 0.3 is 5.97 Å². The van der Waals surface area contributed by atoms with Crippen LogP contribution in [0.15, 0.2) is 40.2 Å². The van der Waals surface area contributed by atoms with Crippen LogP contribution < -0.4 is 5.56 Å². The summed E-state index contributed by atoms with van der Waals surface area (Å²) in [6, 6.07) is 9.42. The number of aromatic nitrogens is 2. The van der Waals surface area contributed by atoms with Gasteiger partial charge in [0.05, 0.1) is 6.61 Å². The Labute approximate surface area is 150 Å². The maximum atomic E-state index is 12.6. The van der Waals surface area contributed by atoms with Gasteiger partial charge in [-0.25, -0.2) is 4.79 Å². The zero-order valence-electron chi connectivity index (χ0n) is 13.9. The van der Waals surface area contributed by atoms with Gasteiger partial charge in [-0.1, -0.05) is 31.5 Å². The van der Waals surface area contributed by atoms with Crippen molar-refractivity contribution in [3.63, 3.8) is 0 Å². The van der Waals surface area contributed by atoms with Crippen LogP contribution in [0, 0.1) is 4.77 Å². The molecule has 1 aromatic carbocycles. The maximum absolute atomic E-state index is 12.6. The van der Waals surface area contributed by atoms with Gasteiger partial charge in [-0.15, -0.1) is 11.8 Å². The Balaban J connectivity index is 2.68. The molecule has 2 rings (SSSR count). The van der Waals surface area contributed by atoms with Gasteiger partial charge in [-0.2, -0.15) is 0 Å². The minimum Gasteiger partial charge on any atom is -0.462 e. The summed E-state index contributed by atoms with van der Waals surface area (Å²) < 4.78 is 8.64. The summed E-state index contributed by atoms with van der Waals surface area (Å²) in [7, 11) is 1.57. The van der Waals surface area contributed by atoms with E-state index in [1.807, 2.05) is 43.5 Å². The highest BCUT2D eigenvalue weighted by atomic mass is 32.2. The molecule has 7 heteroatoms. The largest absolute Gasteiger partial charge is 0.462 e. The Morgan fingerprint density at radius 1 is 1.29 bits per heavy atom. The van der Waals surface area contributed by atoms with E-state index >= 15 is 0 Å². The molecule has 0 spiro atoms. The Morgan fingerprint density at radius 2 is 1.96 bits per heavy atom. The van der Waals surface area contributed by atoms with Crippen LogP contribution in [0.25, 0.3) is 5.69 Å².